The Bertz CT molecular complexity index is 1590. The van der Waals surface area contributed by atoms with Crippen LogP contribution in [-0.2, 0) is 10.0 Å². The summed E-state index contributed by atoms with van der Waals surface area (Å²) in [6.45, 7) is 1.91. The van der Waals surface area contributed by atoms with Crippen molar-refractivity contribution in [1.29, 1.82) is 0 Å². The number of nitrogens with zero attached hydrogens (tertiary/aromatic N) is 3. The van der Waals surface area contributed by atoms with Gasteiger partial charge in [-0.2, -0.15) is 0 Å². The van der Waals surface area contributed by atoms with Crippen molar-refractivity contribution >= 4 is 32.7 Å². The lowest BCUT2D eigenvalue weighted by Gasteiger charge is -2.10. The first kappa shape index (κ1) is 21.5. The van der Waals surface area contributed by atoms with E-state index in [4.69, 9.17) is 10.7 Å². The molecule has 168 valence electrons. The van der Waals surface area contributed by atoms with E-state index in [1.54, 1.807) is 36.4 Å². The van der Waals surface area contributed by atoms with Gasteiger partial charge in [-0.15, -0.1) is 0 Å². The Morgan fingerprint density at radius 3 is 2.15 bits per heavy atom. The van der Waals surface area contributed by atoms with Crippen LogP contribution in [0, 0.1) is 6.92 Å². The molecule has 3 N–H and O–H groups in total. The van der Waals surface area contributed by atoms with E-state index in [1.165, 1.54) is 0 Å². The van der Waals surface area contributed by atoms with E-state index in [1.807, 2.05) is 61.5 Å². The lowest BCUT2D eigenvalue weighted by molar-refractivity contribution is 0.601. The average Bonchev–Trinajstić information content (AvgIpc) is 2.84. The highest BCUT2D eigenvalue weighted by molar-refractivity contribution is 7.92. The Morgan fingerprint density at radius 1 is 0.735 bits per heavy atom. The number of benzene rings is 3. The Morgan fingerprint density at radius 2 is 1.44 bits per heavy atom. The summed E-state index contributed by atoms with van der Waals surface area (Å²) in [6.07, 6.45) is 0. The number of pyridine rings is 1. The normalized spacial score (nSPS) is 11.4. The van der Waals surface area contributed by atoms with Crippen LogP contribution in [0.1, 0.15) is 5.56 Å². The predicted octanol–water partition coefficient (Wildman–Crippen LogP) is 5.05. The number of hydrogen-bond acceptors (Lipinski definition) is 6. The van der Waals surface area contributed by atoms with Gasteiger partial charge in [0.2, 0.25) is 5.95 Å². The van der Waals surface area contributed by atoms with Crippen molar-refractivity contribution in [2.75, 3.05) is 10.5 Å². The summed E-state index contributed by atoms with van der Waals surface area (Å²) in [5.41, 5.74) is 11.8. The molecule has 0 saturated heterocycles. The number of nitrogens with one attached hydrogen (secondary N) is 1. The zero-order valence-corrected chi connectivity index (χ0v) is 19.1. The smallest absolute Gasteiger partial charge is 0.261 e. The van der Waals surface area contributed by atoms with Crippen LogP contribution in [0.25, 0.3) is 33.5 Å². The van der Waals surface area contributed by atoms with Gasteiger partial charge in [-0.25, -0.2) is 23.4 Å². The van der Waals surface area contributed by atoms with E-state index in [0.717, 1.165) is 16.7 Å². The fourth-order valence-electron chi connectivity index (χ4n) is 3.63. The van der Waals surface area contributed by atoms with Crippen molar-refractivity contribution in [3.8, 4) is 22.5 Å². The lowest BCUT2D eigenvalue weighted by atomic mass is 10.1. The number of rotatable bonds is 5. The first-order chi connectivity index (χ1) is 16.4. The summed E-state index contributed by atoms with van der Waals surface area (Å²) in [5.74, 6) is 0.186. The molecule has 0 fully saturated rings. The molecule has 0 atom stereocenters. The van der Waals surface area contributed by atoms with E-state index in [-0.39, 0.29) is 10.8 Å². The van der Waals surface area contributed by atoms with Gasteiger partial charge in [0.25, 0.3) is 10.0 Å². The number of nitrogen functional groups attached to an aromatic ring is 1. The number of fused-ring (bicyclic) bond motifs is 1. The maximum absolute atomic E-state index is 12.7. The molecule has 0 saturated carbocycles. The minimum atomic E-state index is -3.67. The summed E-state index contributed by atoms with van der Waals surface area (Å²) >= 11 is 0. The quantitative estimate of drug-likeness (QED) is 0.374. The van der Waals surface area contributed by atoms with Crippen LogP contribution < -0.4 is 10.5 Å². The Kier molecular flexibility index (Phi) is 5.43. The minimum absolute atomic E-state index is 0.186. The topological polar surface area (TPSA) is 111 Å². The van der Waals surface area contributed by atoms with Crippen molar-refractivity contribution in [3.63, 3.8) is 0 Å². The maximum atomic E-state index is 12.7. The van der Waals surface area contributed by atoms with Gasteiger partial charge in [0.15, 0.2) is 0 Å². The molecule has 0 amide bonds. The summed E-state index contributed by atoms with van der Waals surface area (Å²) < 4.78 is 27.9. The van der Waals surface area contributed by atoms with Gasteiger partial charge in [0.05, 0.1) is 16.1 Å². The van der Waals surface area contributed by atoms with Crippen molar-refractivity contribution in [2.24, 2.45) is 0 Å². The van der Waals surface area contributed by atoms with Crippen molar-refractivity contribution in [2.45, 2.75) is 11.8 Å². The molecule has 0 aliphatic heterocycles. The van der Waals surface area contributed by atoms with Crippen molar-refractivity contribution in [3.05, 3.63) is 96.6 Å². The molecule has 8 heteroatoms. The molecule has 0 aliphatic carbocycles. The molecule has 3 aromatic carbocycles. The third-order valence-corrected chi connectivity index (χ3v) is 6.77. The molecule has 0 unspecified atom stereocenters. The molecule has 34 heavy (non-hydrogen) atoms. The fraction of sp³-hybridized carbons (Fsp3) is 0.0385. The predicted molar refractivity (Wildman–Crippen MR) is 135 cm³/mol. The number of anilines is 2. The average molecular weight is 468 g/mol. The largest absolute Gasteiger partial charge is 0.368 e. The van der Waals surface area contributed by atoms with Gasteiger partial charge < -0.3 is 5.73 Å². The molecule has 0 bridgehead atoms. The number of aryl methyl sites for hydroxylation is 1. The van der Waals surface area contributed by atoms with Crippen LogP contribution in [0.4, 0.5) is 11.6 Å². The van der Waals surface area contributed by atoms with Gasteiger partial charge in [-0.1, -0.05) is 60.2 Å². The molecule has 5 rings (SSSR count). The Balaban J connectivity index is 1.47. The molecular weight excluding hydrogens is 446 g/mol. The molecule has 2 heterocycles. The van der Waals surface area contributed by atoms with Crippen molar-refractivity contribution in [1.82, 2.24) is 15.0 Å². The van der Waals surface area contributed by atoms with Gasteiger partial charge in [-0.05, 0) is 43.3 Å². The third-order valence-electron chi connectivity index (χ3n) is 5.37. The number of nitrogens with two attached hydrogens (primary N) is 1. The van der Waals surface area contributed by atoms with E-state index in [9.17, 15) is 8.42 Å². The third kappa shape index (κ3) is 4.31. The second-order valence-corrected chi connectivity index (χ2v) is 9.54. The first-order valence-electron chi connectivity index (χ1n) is 10.6. The second kappa shape index (κ2) is 8.57. The number of sulfonamides is 1. The first-order valence-corrected chi connectivity index (χ1v) is 12.1. The van der Waals surface area contributed by atoms with E-state index in [0.29, 0.717) is 28.1 Å². The summed E-state index contributed by atoms with van der Waals surface area (Å²) in [6, 6.07) is 27.2. The summed E-state index contributed by atoms with van der Waals surface area (Å²) in [4.78, 5) is 13.8. The molecule has 0 radical (unpaired) electrons. The van der Waals surface area contributed by atoms with Gasteiger partial charge in [0, 0.05) is 16.8 Å². The Labute approximate surface area is 197 Å². The zero-order chi connectivity index (χ0) is 23.7. The molecule has 7 nitrogen and oxygen atoms in total. The van der Waals surface area contributed by atoms with Crippen LogP contribution in [0.5, 0.6) is 0 Å². The van der Waals surface area contributed by atoms with Crippen LogP contribution in [0.3, 0.4) is 0 Å². The van der Waals surface area contributed by atoms with Crippen LogP contribution in [0.2, 0.25) is 0 Å². The lowest BCUT2D eigenvalue weighted by Crippen LogP contribution is -2.12. The highest BCUT2D eigenvalue weighted by atomic mass is 32.2. The van der Waals surface area contributed by atoms with E-state index >= 15 is 0 Å². The molecule has 5 aromatic rings. The highest BCUT2D eigenvalue weighted by Crippen LogP contribution is 2.29. The van der Waals surface area contributed by atoms with E-state index in [2.05, 4.69) is 14.7 Å². The van der Waals surface area contributed by atoms with Gasteiger partial charge in [-0.3, -0.25) is 4.72 Å². The monoisotopic (exact) mass is 467 g/mol. The van der Waals surface area contributed by atoms with Crippen LogP contribution in [0.15, 0.2) is 95.9 Å². The number of aromatic nitrogens is 3. The van der Waals surface area contributed by atoms with Crippen molar-refractivity contribution < 1.29 is 8.42 Å². The molecule has 0 spiro atoms. The minimum Gasteiger partial charge on any atom is -0.368 e. The van der Waals surface area contributed by atoms with Gasteiger partial charge in [0.1, 0.15) is 11.2 Å². The van der Waals surface area contributed by atoms with E-state index < -0.39 is 10.0 Å². The maximum Gasteiger partial charge on any atom is 0.261 e. The van der Waals surface area contributed by atoms with Gasteiger partial charge >= 0.3 is 0 Å². The molecule has 2 aromatic heterocycles. The summed E-state index contributed by atoms with van der Waals surface area (Å²) in [7, 11) is -3.67. The SMILES string of the molecule is Cc1ccc(S(=O)(=O)Nc2ccc(-c3ccc4nc(N)nc(-c5ccccc5)c4n3)cc2)cc1. The standard InChI is InChI=1S/C26H21N5O2S/c1-17-7-13-21(14-8-17)34(32,33)31-20-11-9-18(10-12-20)22-15-16-23-25(28-22)24(30-26(27)29-23)19-5-3-2-4-6-19/h2-16,31H,1H3,(H2,27,29,30). The molecular formula is C26H21N5O2S. The second-order valence-electron chi connectivity index (χ2n) is 7.86. The summed E-state index contributed by atoms with van der Waals surface area (Å²) in [5, 5.41) is 0. The zero-order valence-electron chi connectivity index (χ0n) is 18.3. The van der Waals surface area contributed by atoms with Crippen LogP contribution in [-0.4, -0.2) is 23.4 Å². The number of hydrogen-bond donors (Lipinski definition) is 2. The van der Waals surface area contributed by atoms with Crippen LogP contribution >= 0.6 is 0 Å². The highest BCUT2D eigenvalue weighted by Gasteiger charge is 2.15. The fourth-order valence-corrected chi connectivity index (χ4v) is 4.69. The Hall–Kier alpha value is -4.30. The molecule has 0 aliphatic rings.